The van der Waals surface area contributed by atoms with Crippen LogP contribution in [-0.2, 0) is 0 Å². The molecule has 0 amide bonds. The number of halogens is 1. The summed E-state index contributed by atoms with van der Waals surface area (Å²) in [6.07, 6.45) is 4.18. The second kappa shape index (κ2) is 4.19. The molecule has 0 aromatic carbocycles. The lowest BCUT2D eigenvalue weighted by Crippen LogP contribution is -1.96. The molecule has 0 N–H and O–H groups in total. The fourth-order valence-corrected chi connectivity index (χ4v) is 0.928. The summed E-state index contributed by atoms with van der Waals surface area (Å²) in [7, 11) is 0. The molecule has 1 heterocycles. The number of Topliss-reactive ketones (excluding diaryl/α,β-unsaturated/α-hetero) is 1. The molecule has 0 saturated heterocycles. The minimum Gasteiger partial charge on any atom is -0.472 e. The van der Waals surface area contributed by atoms with Crippen LogP contribution in [0.1, 0.15) is 23.2 Å². The molecule has 1 aromatic rings. The van der Waals surface area contributed by atoms with Gasteiger partial charge in [0, 0.05) is 12.3 Å². The van der Waals surface area contributed by atoms with Gasteiger partial charge in [0.2, 0.25) is 0 Å². The van der Waals surface area contributed by atoms with Crippen molar-refractivity contribution in [3.8, 4) is 0 Å². The number of alkyl halides is 1. The molecule has 0 aliphatic heterocycles. The maximum Gasteiger partial charge on any atom is 0.166 e. The summed E-state index contributed by atoms with van der Waals surface area (Å²) in [5.41, 5.74) is 0.634. The van der Waals surface area contributed by atoms with Gasteiger partial charge in [-0.05, 0) is 12.5 Å². The molecule has 0 saturated carbocycles. The molecule has 0 fully saturated rings. The zero-order valence-corrected chi connectivity index (χ0v) is 6.80. The van der Waals surface area contributed by atoms with Crippen molar-refractivity contribution in [3.63, 3.8) is 0 Å². The summed E-state index contributed by atoms with van der Waals surface area (Å²) < 4.78 is 4.76. The van der Waals surface area contributed by atoms with Crippen LogP contribution in [0.25, 0.3) is 0 Å². The van der Waals surface area contributed by atoms with Crippen LogP contribution in [0.4, 0.5) is 0 Å². The van der Waals surface area contributed by atoms with E-state index in [2.05, 4.69) is 0 Å². The third kappa shape index (κ3) is 2.39. The minimum absolute atomic E-state index is 0.0967. The lowest BCUT2D eigenvalue weighted by atomic mass is 10.1. The first-order valence-corrected chi connectivity index (χ1v) is 3.99. The van der Waals surface area contributed by atoms with E-state index in [-0.39, 0.29) is 5.78 Å². The van der Waals surface area contributed by atoms with E-state index in [1.165, 1.54) is 12.5 Å². The summed E-state index contributed by atoms with van der Waals surface area (Å²) in [5.74, 6) is 0.628. The molecule has 0 aliphatic rings. The van der Waals surface area contributed by atoms with Gasteiger partial charge in [0.1, 0.15) is 6.26 Å². The third-order valence-electron chi connectivity index (χ3n) is 1.38. The molecule has 3 heteroatoms. The zero-order valence-electron chi connectivity index (χ0n) is 6.05. The number of hydrogen-bond donors (Lipinski definition) is 0. The minimum atomic E-state index is 0.0967. The first-order valence-electron chi connectivity index (χ1n) is 3.46. The highest BCUT2D eigenvalue weighted by Crippen LogP contribution is 2.05. The van der Waals surface area contributed by atoms with E-state index in [9.17, 15) is 4.79 Å². The summed E-state index contributed by atoms with van der Waals surface area (Å²) in [6.45, 7) is 0. The Kier molecular flexibility index (Phi) is 3.17. The van der Waals surface area contributed by atoms with Gasteiger partial charge in [-0.3, -0.25) is 4.79 Å². The standard InChI is InChI=1S/C8H9ClO2/c9-4-1-2-8(10)7-3-5-11-6-7/h3,5-6H,1-2,4H2. The molecular formula is C8H9ClO2. The van der Waals surface area contributed by atoms with Crippen LogP contribution >= 0.6 is 11.6 Å². The Balaban J connectivity index is 2.43. The topological polar surface area (TPSA) is 30.2 Å². The predicted molar refractivity (Wildman–Crippen MR) is 43.0 cm³/mol. The van der Waals surface area contributed by atoms with Crippen molar-refractivity contribution >= 4 is 17.4 Å². The van der Waals surface area contributed by atoms with Gasteiger partial charge < -0.3 is 4.42 Å². The largest absolute Gasteiger partial charge is 0.472 e. The highest BCUT2D eigenvalue weighted by molar-refractivity contribution is 6.18. The molecule has 11 heavy (non-hydrogen) atoms. The Labute approximate surface area is 70.2 Å². The van der Waals surface area contributed by atoms with Gasteiger partial charge >= 0.3 is 0 Å². The predicted octanol–water partition coefficient (Wildman–Crippen LogP) is 2.48. The molecule has 0 atom stereocenters. The summed E-state index contributed by atoms with van der Waals surface area (Å²) in [4.78, 5) is 11.1. The van der Waals surface area contributed by atoms with E-state index < -0.39 is 0 Å². The second-order valence-electron chi connectivity index (χ2n) is 2.23. The Morgan fingerprint density at radius 3 is 3.00 bits per heavy atom. The van der Waals surface area contributed by atoms with Crippen molar-refractivity contribution in [1.82, 2.24) is 0 Å². The Hall–Kier alpha value is -0.760. The lowest BCUT2D eigenvalue weighted by Gasteiger charge is -1.92. The van der Waals surface area contributed by atoms with Crippen LogP contribution < -0.4 is 0 Å². The van der Waals surface area contributed by atoms with Gasteiger partial charge in [-0.15, -0.1) is 11.6 Å². The van der Waals surface area contributed by atoms with Gasteiger partial charge in [-0.25, -0.2) is 0 Å². The fraction of sp³-hybridized carbons (Fsp3) is 0.375. The number of ketones is 1. The Bertz CT molecular complexity index is 216. The SMILES string of the molecule is O=C(CCCCl)c1ccoc1. The van der Waals surface area contributed by atoms with Crippen LogP contribution in [0.5, 0.6) is 0 Å². The monoisotopic (exact) mass is 172 g/mol. The van der Waals surface area contributed by atoms with E-state index in [1.807, 2.05) is 0 Å². The maximum absolute atomic E-state index is 11.1. The average Bonchev–Trinajstić information content (AvgIpc) is 2.52. The number of carbonyl (C=O) groups is 1. The number of rotatable bonds is 4. The van der Waals surface area contributed by atoms with Gasteiger partial charge in [0.15, 0.2) is 5.78 Å². The average molecular weight is 173 g/mol. The van der Waals surface area contributed by atoms with Crippen LogP contribution in [0, 0.1) is 0 Å². The van der Waals surface area contributed by atoms with Crippen molar-refractivity contribution in [2.24, 2.45) is 0 Å². The molecular weight excluding hydrogens is 164 g/mol. The van der Waals surface area contributed by atoms with Gasteiger partial charge in [-0.1, -0.05) is 0 Å². The summed E-state index contributed by atoms with van der Waals surface area (Å²) in [5, 5.41) is 0. The first kappa shape index (κ1) is 8.34. The van der Waals surface area contributed by atoms with Crippen molar-refractivity contribution in [3.05, 3.63) is 24.2 Å². The van der Waals surface area contributed by atoms with Crippen LogP contribution in [0.2, 0.25) is 0 Å². The first-order chi connectivity index (χ1) is 5.34. The zero-order chi connectivity index (χ0) is 8.10. The fourth-order valence-electron chi connectivity index (χ4n) is 0.795. The summed E-state index contributed by atoms with van der Waals surface area (Å²) >= 11 is 5.43. The van der Waals surface area contributed by atoms with E-state index >= 15 is 0 Å². The number of carbonyl (C=O) groups excluding carboxylic acids is 1. The number of hydrogen-bond acceptors (Lipinski definition) is 2. The Morgan fingerprint density at radius 2 is 2.45 bits per heavy atom. The molecule has 1 aromatic heterocycles. The molecule has 0 bridgehead atoms. The van der Waals surface area contributed by atoms with Gasteiger partial charge in [0.05, 0.1) is 11.8 Å². The third-order valence-corrected chi connectivity index (χ3v) is 1.65. The lowest BCUT2D eigenvalue weighted by molar-refractivity contribution is 0.0981. The molecule has 2 nitrogen and oxygen atoms in total. The van der Waals surface area contributed by atoms with Crippen LogP contribution in [0.3, 0.4) is 0 Å². The number of furan rings is 1. The van der Waals surface area contributed by atoms with Gasteiger partial charge in [-0.2, -0.15) is 0 Å². The van der Waals surface area contributed by atoms with Crippen molar-refractivity contribution in [1.29, 1.82) is 0 Å². The molecule has 0 radical (unpaired) electrons. The van der Waals surface area contributed by atoms with Gasteiger partial charge in [0.25, 0.3) is 0 Å². The van der Waals surface area contributed by atoms with E-state index in [4.69, 9.17) is 16.0 Å². The van der Waals surface area contributed by atoms with Crippen LogP contribution in [-0.4, -0.2) is 11.7 Å². The molecule has 0 unspecified atom stereocenters. The Morgan fingerprint density at radius 1 is 1.64 bits per heavy atom. The smallest absolute Gasteiger partial charge is 0.166 e. The second-order valence-corrected chi connectivity index (χ2v) is 2.61. The van der Waals surface area contributed by atoms with Crippen molar-refractivity contribution in [2.75, 3.05) is 5.88 Å². The normalized spacial score (nSPS) is 9.91. The van der Waals surface area contributed by atoms with Crippen molar-refractivity contribution < 1.29 is 9.21 Å². The van der Waals surface area contributed by atoms with Crippen LogP contribution in [0.15, 0.2) is 23.0 Å². The summed E-state index contributed by atoms with van der Waals surface area (Å²) in [6, 6.07) is 1.66. The molecule has 0 spiro atoms. The van der Waals surface area contributed by atoms with E-state index in [0.717, 1.165) is 6.42 Å². The quantitative estimate of drug-likeness (QED) is 0.516. The van der Waals surface area contributed by atoms with Crippen molar-refractivity contribution in [2.45, 2.75) is 12.8 Å². The molecule has 1 rings (SSSR count). The molecule has 0 aliphatic carbocycles. The highest BCUT2D eigenvalue weighted by Gasteiger charge is 2.04. The van der Waals surface area contributed by atoms with E-state index in [1.54, 1.807) is 6.07 Å². The molecule has 60 valence electrons. The maximum atomic E-state index is 11.1. The highest BCUT2D eigenvalue weighted by atomic mass is 35.5. The van der Waals surface area contributed by atoms with E-state index in [0.29, 0.717) is 17.9 Å².